The smallest absolute Gasteiger partial charge is 0.273 e. The third kappa shape index (κ3) is 3.12. The molecular formula is C19H22N6O. The van der Waals surface area contributed by atoms with E-state index in [0.29, 0.717) is 11.5 Å². The minimum absolute atomic E-state index is 0.160. The summed E-state index contributed by atoms with van der Waals surface area (Å²) in [4.78, 5) is 28.0. The second-order valence-electron chi connectivity index (χ2n) is 6.87. The molecule has 4 heterocycles. The van der Waals surface area contributed by atoms with E-state index in [0.717, 1.165) is 36.2 Å². The van der Waals surface area contributed by atoms with Gasteiger partial charge in [0.15, 0.2) is 5.82 Å². The molecule has 7 heteroatoms. The van der Waals surface area contributed by atoms with E-state index in [1.807, 2.05) is 19.1 Å². The van der Waals surface area contributed by atoms with Crippen LogP contribution in [-0.2, 0) is 0 Å². The van der Waals surface area contributed by atoms with Gasteiger partial charge in [0.2, 0.25) is 5.95 Å². The Morgan fingerprint density at radius 3 is 2.69 bits per heavy atom. The summed E-state index contributed by atoms with van der Waals surface area (Å²) in [6.07, 6.45) is 5.80. The van der Waals surface area contributed by atoms with Crippen LogP contribution < -0.4 is 10.5 Å². The molecule has 0 amide bonds. The van der Waals surface area contributed by atoms with Crippen molar-refractivity contribution in [2.45, 2.75) is 26.7 Å². The van der Waals surface area contributed by atoms with E-state index in [-0.39, 0.29) is 5.56 Å². The number of nitrogens with zero attached hydrogens (tertiary/aromatic N) is 5. The van der Waals surface area contributed by atoms with Gasteiger partial charge in [0, 0.05) is 37.1 Å². The molecule has 26 heavy (non-hydrogen) atoms. The Kier molecular flexibility index (Phi) is 4.28. The Morgan fingerprint density at radius 1 is 1.19 bits per heavy atom. The molecule has 0 unspecified atom stereocenters. The Morgan fingerprint density at radius 2 is 2.00 bits per heavy atom. The normalized spacial score (nSPS) is 15.4. The first-order valence-corrected chi connectivity index (χ1v) is 8.94. The average Bonchev–Trinajstić information content (AvgIpc) is 3.04. The molecule has 3 aromatic heterocycles. The molecular weight excluding hydrogens is 328 g/mol. The molecule has 1 fully saturated rings. The van der Waals surface area contributed by atoms with E-state index in [9.17, 15) is 4.79 Å². The number of nitrogens with one attached hydrogen (secondary N) is 1. The fraction of sp³-hybridized carbons (Fsp3) is 0.368. The average molecular weight is 350 g/mol. The van der Waals surface area contributed by atoms with Gasteiger partial charge >= 0.3 is 0 Å². The molecule has 134 valence electrons. The number of aromatic nitrogens is 5. The van der Waals surface area contributed by atoms with Gasteiger partial charge in [-0.25, -0.2) is 19.6 Å². The highest BCUT2D eigenvalue weighted by Gasteiger charge is 2.19. The predicted octanol–water partition coefficient (Wildman–Crippen LogP) is 2.56. The lowest BCUT2D eigenvalue weighted by Gasteiger charge is -2.30. The fourth-order valence-electron chi connectivity index (χ4n) is 3.27. The Bertz CT molecular complexity index is 954. The number of hydrogen-bond donors (Lipinski definition) is 1. The number of pyridine rings is 1. The van der Waals surface area contributed by atoms with Crippen molar-refractivity contribution < 1.29 is 0 Å². The van der Waals surface area contributed by atoms with Gasteiger partial charge in [-0.1, -0.05) is 13.0 Å². The number of piperidine rings is 1. The minimum Gasteiger partial charge on any atom is -0.341 e. The lowest BCUT2D eigenvalue weighted by Crippen LogP contribution is -2.34. The molecule has 0 radical (unpaired) electrons. The van der Waals surface area contributed by atoms with Crippen LogP contribution in [0.4, 0.5) is 5.95 Å². The standard InChI is InChI=1S/C19H22N6O/c1-13-6-9-24(10-7-13)19-21-12-15(14(2)22-19)16-11-18(26)25(23-16)17-5-3-4-8-20-17/h3-5,8,11-13,23H,6-7,9-10H2,1-2H3. The summed E-state index contributed by atoms with van der Waals surface area (Å²) in [5.41, 5.74) is 2.21. The Labute approximate surface area is 151 Å². The molecule has 7 nitrogen and oxygen atoms in total. The van der Waals surface area contributed by atoms with Crippen molar-refractivity contribution in [2.75, 3.05) is 18.0 Å². The van der Waals surface area contributed by atoms with Crippen LogP contribution in [0.3, 0.4) is 0 Å². The van der Waals surface area contributed by atoms with Gasteiger partial charge in [-0.05, 0) is 37.8 Å². The summed E-state index contributed by atoms with van der Waals surface area (Å²) in [6.45, 7) is 6.22. The maximum atomic E-state index is 12.3. The van der Waals surface area contributed by atoms with E-state index in [1.54, 1.807) is 24.5 Å². The second kappa shape index (κ2) is 6.74. The quantitative estimate of drug-likeness (QED) is 0.785. The van der Waals surface area contributed by atoms with Gasteiger partial charge in [0.1, 0.15) is 0 Å². The molecule has 0 spiro atoms. The van der Waals surface area contributed by atoms with Gasteiger partial charge < -0.3 is 4.90 Å². The molecule has 0 bridgehead atoms. The van der Waals surface area contributed by atoms with Crippen molar-refractivity contribution in [3.05, 3.63) is 52.7 Å². The highest BCUT2D eigenvalue weighted by atomic mass is 16.1. The largest absolute Gasteiger partial charge is 0.341 e. The second-order valence-corrected chi connectivity index (χ2v) is 6.87. The van der Waals surface area contributed by atoms with E-state index in [1.165, 1.54) is 17.5 Å². The van der Waals surface area contributed by atoms with Crippen LogP contribution >= 0.6 is 0 Å². The molecule has 0 atom stereocenters. The molecule has 1 aliphatic rings. The molecule has 4 rings (SSSR count). The molecule has 0 aliphatic carbocycles. The number of aryl methyl sites for hydroxylation is 1. The Hall–Kier alpha value is -2.96. The molecule has 1 aliphatic heterocycles. The van der Waals surface area contributed by atoms with E-state index in [4.69, 9.17) is 0 Å². The van der Waals surface area contributed by atoms with E-state index in [2.05, 4.69) is 31.9 Å². The highest BCUT2D eigenvalue weighted by Crippen LogP contribution is 2.24. The summed E-state index contributed by atoms with van der Waals surface area (Å²) in [7, 11) is 0. The predicted molar refractivity (Wildman–Crippen MR) is 101 cm³/mol. The minimum atomic E-state index is -0.160. The highest BCUT2D eigenvalue weighted by molar-refractivity contribution is 5.61. The van der Waals surface area contributed by atoms with Crippen LogP contribution in [0.1, 0.15) is 25.5 Å². The van der Waals surface area contributed by atoms with E-state index >= 15 is 0 Å². The summed E-state index contributed by atoms with van der Waals surface area (Å²) in [5.74, 6) is 2.09. The van der Waals surface area contributed by atoms with Crippen LogP contribution in [0.25, 0.3) is 17.1 Å². The third-order valence-electron chi connectivity index (χ3n) is 4.92. The summed E-state index contributed by atoms with van der Waals surface area (Å²) >= 11 is 0. The topological polar surface area (TPSA) is 79.7 Å². The number of anilines is 1. The van der Waals surface area contributed by atoms with Crippen molar-refractivity contribution in [1.29, 1.82) is 0 Å². The first kappa shape index (κ1) is 16.5. The number of hydrogen-bond acceptors (Lipinski definition) is 5. The zero-order chi connectivity index (χ0) is 18.1. The molecule has 0 aromatic carbocycles. The third-order valence-corrected chi connectivity index (χ3v) is 4.92. The number of rotatable bonds is 3. The number of H-pyrrole nitrogens is 1. The van der Waals surface area contributed by atoms with Crippen LogP contribution in [0.2, 0.25) is 0 Å². The summed E-state index contributed by atoms with van der Waals surface area (Å²) in [6, 6.07) is 7.00. The van der Waals surface area contributed by atoms with Gasteiger partial charge in [-0.2, -0.15) is 0 Å². The van der Waals surface area contributed by atoms with Crippen molar-refractivity contribution in [3.8, 4) is 17.1 Å². The van der Waals surface area contributed by atoms with Gasteiger partial charge in [0.25, 0.3) is 5.56 Å². The zero-order valence-corrected chi connectivity index (χ0v) is 15.0. The SMILES string of the molecule is Cc1nc(N2CCC(C)CC2)ncc1-c1cc(=O)n(-c2ccccn2)[nH]1. The van der Waals surface area contributed by atoms with Crippen molar-refractivity contribution >= 4 is 5.95 Å². The van der Waals surface area contributed by atoms with Crippen molar-refractivity contribution in [3.63, 3.8) is 0 Å². The van der Waals surface area contributed by atoms with Crippen molar-refractivity contribution in [2.24, 2.45) is 5.92 Å². The van der Waals surface area contributed by atoms with Crippen LogP contribution in [-0.4, -0.2) is 37.8 Å². The molecule has 3 aromatic rings. The molecule has 1 saturated heterocycles. The van der Waals surface area contributed by atoms with Crippen LogP contribution in [0.15, 0.2) is 41.5 Å². The molecule has 0 saturated carbocycles. The van der Waals surface area contributed by atoms with Gasteiger partial charge in [0.05, 0.1) is 11.4 Å². The van der Waals surface area contributed by atoms with Crippen LogP contribution in [0.5, 0.6) is 0 Å². The van der Waals surface area contributed by atoms with Gasteiger partial charge in [-0.3, -0.25) is 9.89 Å². The summed E-state index contributed by atoms with van der Waals surface area (Å²) in [5, 5.41) is 3.11. The first-order valence-electron chi connectivity index (χ1n) is 8.94. The maximum Gasteiger partial charge on any atom is 0.273 e. The fourth-order valence-corrected chi connectivity index (χ4v) is 3.27. The number of aromatic amines is 1. The first-order chi connectivity index (χ1) is 12.6. The zero-order valence-electron chi connectivity index (χ0n) is 15.0. The monoisotopic (exact) mass is 350 g/mol. The lowest BCUT2D eigenvalue weighted by atomic mass is 10.00. The summed E-state index contributed by atoms with van der Waals surface area (Å²) < 4.78 is 1.43. The van der Waals surface area contributed by atoms with Crippen molar-refractivity contribution in [1.82, 2.24) is 24.7 Å². The maximum absolute atomic E-state index is 12.3. The van der Waals surface area contributed by atoms with Crippen LogP contribution in [0, 0.1) is 12.8 Å². The Balaban J connectivity index is 1.64. The van der Waals surface area contributed by atoms with E-state index < -0.39 is 0 Å². The lowest BCUT2D eigenvalue weighted by molar-refractivity contribution is 0.434. The molecule has 1 N–H and O–H groups in total. The van der Waals surface area contributed by atoms with Gasteiger partial charge in [-0.15, -0.1) is 0 Å².